The highest BCUT2D eigenvalue weighted by Crippen LogP contribution is 2.32. The van der Waals surface area contributed by atoms with Crippen LogP contribution in [0.3, 0.4) is 0 Å². The van der Waals surface area contributed by atoms with Crippen LogP contribution in [0.25, 0.3) is 0 Å². The van der Waals surface area contributed by atoms with Crippen LogP contribution in [-0.4, -0.2) is 29.8 Å². The van der Waals surface area contributed by atoms with Gasteiger partial charge in [0.1, 0.15) is 0 Å². The van der Waals surface area contributed by atoms with E-state index < -0.39 is 0 Å². The van der Waals surface area contributed by atoms with Gasteiger partial charge in [0, 0.05) is 25.4 Å². The second-order valence-electron chi connectivity index (χ2n) is 5.99. The Bertz CT molecular complexity index is 510. The maximum Gasteiger partial charge on any atom is 0.226 e. The van der Waals surface area contributed by atoms with Crippen molar-refractivity contribution in [2.75, 3.05) is 13.1 Å². The number of halogens is 1. The molecule has 0 aliphatic heterocycles. The van der Waals surface area contributed by atoms with E-state index in [1.807, 2.05) is 30.3 Å². The molecule has 0 radical (unpaired) electrons. The molecule has 128 valence electrons. The van der Waals surface area contributed by atoms with E-state index >= 15 is 0 Å². The monoisotopic (exact) mass is 339 g/mol. The van der Waals surface area contributed by atoms with Crippen molar-refractivity contribution in [3.8, 4) is 0 Å². The molecule has 1 aromatic carbocycles. The minimum absolute atomic E-state index is 0. The van der Waals surface area contributed by atoms with E-state index in [0.29, 0.717) is 19.6 Å². The second-order valence-corrected chi connectivity index (χ2v) is 5.99. The lowest BCUT2D eigenvalue weighted by Crippen LogP contribution is -2.40. The summed E-state index contributed by atoms with van der Waals surface area (Å²) in [5.41, 5.74) is 12.1. The van der Waals surface area contributed by atoms with Gasteiger partial charge in [0.2, 0.25) is 11.8 Å². The molecule has 1 aromatic rings. The van der Waals surface area contributed by atoms with Crippen molar-refractivity contribution < 1.29 is 9.59 Å². The Kier molecular flexibility index (Phi) is 8.06. The molecule has 2 rings (SSSR count). The topological polar surface area (TPSA) is 89.4 Å². The fourth-order valence-electron chi connectivity index (χ4n) is 3.19. The molecule has 0 saturated heterocycles. The third-order valence-electron chi connectivity index (χ3n) is 4.44. The average Bonchev–Trinajstić information content (AvgIpc) is 3.00. The van der Waals surface area contributed by atoms with E-state index in [1.54, 1.807) is 4.90 Å². The van der Waals surface area contributed by atoms with Crippen LogP contribution in [0.1, 0.15) is 31.2 Å². The van der Waals surface area contributed by atoms with Crippen LogP contribution in [0.2, 0.25) is 0 Å². The lowest BCUT2D eigenvalue weighted by Gasteiger charge is -2.28. The Balaban J connectivity index is 0.00000264. The van der Waals surface area contributed by atoms with Crippen molar-refractivity contribution in [1.82, 2.24) is 4.90 Å². The van der Waals surface area contributed by atoms with Crippen molar-refractivity contribution in [3.05, 3.63) is 35.9 Å². The molecule has 2 atom stereocenters. The van der Waals surface area contributed by atoms with Crippen LogP contribution >= 0.6 is 12.4 Å². The van der Waals surface area contributed by atoms with Crippen LogP contribution in [-0.2, 0) is 16.1 Å². The zero-order valence-corrected chi connectivity index (χ0v) is 14.1. The smallest absolute Gasteiger partial charge is 0.226 e. The first kappa shape index (κ1) is 19.5. The minimum atomic E-state index is -0.382. The lowest BCUT2D eigenvalue weighted by atomic mass is 9.94. The van der Waals surface area contributed by atoms with Crippen LogP contribution in [0, 0.1) is 11.8 Å². The minimum Gasteiger partial charge on any atom is -0.370 e. The molecule has 1 fully saturated rings. The highest BCUT2D eigenvalue weighted by Gasteiger charge is 2.34. The van der Waals surface area contributed by atoms with Gasteiger partial charge in [0.05, 0.1) is 0 Å². The van der Waals surface area contributed by atoms with Gasteiger partial charge in [-0.3, -0.25) is 9.59 Å². The zero-order chi connectivity index (χ0) is 15.9. The van der Waals surface area contributed by atoms with Gasteiger partial charge in [-0.2, -0.15) is 0 Å². The summed E-state index contributed by atoms with van der Waals surface area (Å²) in [4.78, 5) is 25.7. The molecule has 0 bridgehead atoms. The fourth-order valence-corrected chi connectivity index (χ4v) is 3.19. The SMILES string of the molecule is Cl.NC[C@H]1CCC[C@H]1C(=O)N(CCC(N)=O)Cc1ccccc1. The Labute approximate surface area is 143 Å². The third-order valence-corrected chi connectivity index (χ3v) is 4.44. The van der Waals surface area contributed by atoms with Gasteiger partial charge < -0.3 is 16.4 Å². The summed E-state index contributed by atoms with van der Waals surface area (Å²) >= 11 is 0. The third kappa shape index (κ3) is 5.52. The Morgan fingerprint density at radius 3 is 2.48 bits per heavy atom. The van der Waals surface area contributed by atoms with Crippen LogP contribution < -0.4 is 11.5 Å². The molecule has 1 aliphatic carbocycles. The zero-order valence-electron chi connectivity index (χ0n) is 13.3. The summed E-state index contributed by atoms with van der Waals surface area (Å²) in [5, 5.41) is 0. The summed E-state index contributed by atoms with van der Waals surface area (Å²) in [7, 11) is 0. The van der Waals surface area contributed by atoms with Gasteiger partial charge in [-0.1, -0.05) is 36.8 Å². The quantitative estimate of drug-likeness (QED) is 0.792. The molecule has 0 unspecified atom stereocenters. The molecule has 1 aliphatic rings. The number of carbonyl (C=O) groups excluding carboxylic acids is 2. The molecule has 0 aromatic heterocycles. The maximum atomic E-state index is 12.8. The van der Waals surface area contributed by atoms with Crippen molar-refractivity contribution >= 4 is 24.2 Å². The first-order valence-corrected chi connectivity index (χ1v) is 7.93. The summed E-state index contributed by atoms with van der Waals surface area (Å²) in [6.45, 7) is 1.43. The molecule has 0 spiro atoms. The van der Waals surface area contributed by atoms with Gasteiger partial charge in [-0.25, -0.2) is 0 Å². The molecular weight excluding hydrogens is 314 g/mol. The summed E-state index contributed by atoms with van der Waals surface area (Å²) in [5.74, 6) is -0.0216. The van der Waals surface area contributed by atoms with Crippen LogP contribution in [0.5, 0.6) is 0 Å². The predicted molar refractivity (Wildman–Crippen MR) is 92.8 cm³/mol. The number of benzene rings is 1. The van der Waals surface area contributed by atoms with E-state index in [9.17, 15) is 9.59 Å². The molecule has 23 heavy (non-hydrogen) atoms. The number of amides is 2. The maximum absolute atomic E-state index is 12.8. The van der Waals surface area contributed by atoms with Gasteiger partial charge in [-0.05, 0) is 30.9 Å². The van der Waals surface area contributed by atoms with Gasteiger partial charge in [0.15, 0.2) is 0 Å². The van der Waals surface area contributed by atoms with Crippen molar-refractivity contribution in [2.24, 2.45) is 23.3 Å². The van der Waals surface area contributed by atoms with E-state index in [2.05, 4.69) is 0 Å². The second kappa shape index (κ2) is 9.53. The number of primary amides is 1. The normalized spacial score (nSPS) is 19.9. The first-order valence-electron chi connectivity index (χ1n) is 7.93. The van der Waals surface area contributed by atoms with E-state index in [0.717, 1.165) is 24.8 Å². The highest BCUT2D eigenvalue weighted by molar-refractivity contribution is 5.85. The predicted octanol–water partition coefficient (Wildman–Crippen LogP) is 1.69. The summed E-state index contributed by atoms with van der Waals surface area (Å²) in [6, 6.07) is 9.81. The lowest BCUT2D eigenvalue weighted by molar-refractivity contribution is -0.137. The number of hydrogen-bond donors (Lipinski definition) is 2. The average molecular weight is 340 g/mol. The Hall–Kier alpha value is -1.59. The number of nitrogens with zero attached hydrogens (tertiary/aromatic N) is 1. The van der Waals surface area contributed by atoms with E-state index in [-0.39, 0.29) is 42.5 Å². The van der Waals surface area contributed by atoms with Gasteiger partial charge in [0.25, 0.3) is 0 Å². The number of hydrogen-bond acceptors (Lipinski definition) is 3. The van der Waals surface area contributed by atoms with E-state index in [1.165, 1.54) is 0 Å². The molecule has 2 amide bonds. The van der Waals surface area contributed by atoms with Gasteiger partial charge in [-0.15, -0.1) is 12.4 Å². The standard InChI is InChI=1S/C17H25N3O2.ClH/c18-11-14-7-4-8-15(14)17(22)20(10-9-16(19)21)12-13-5-2-1-3-6-13;/h1-3,5-6,14-15H,4,7-12,18H2,(H2,19,21);1H/t14-,15-;/m1./s1. The van der Waals surface area contributed by atoms with Crippen molar-refractivity contribution in [2.45, 2.75) is 32.2 Å². The molecular formula is C17H26ClN3O2. The highest BCUT2D eigenvalue weighted by atomic mass is 35.5. The summed E-state index contributed by atoms with van der Waals surface area (Å²) < 4.78 is 0. The van der Waals surface area contributed by atoms with Crippen molar-refractivity contribution in [1.29, 1.82) is 0 Å². The van der Waals surface area contributed by atoms with Crippen LogP contribution in [0.15, 0.2) is 30.3 Å². The Morgan fingerprint density at radius 1 is 1.17 bits per heavy atom. The van der Waals surface area contributed by atoms with E-state index in [4.69, 9.17) is 11.5 Å². The van der Waals surface area contributed by atoms with Crippen LogP contribution in [0.4, 0.5) is 0 Å². The largest absolute Gasteiger partial charge is 0.370 e. The fraction of sp³-hybridized carbons (Fsp3) is 0.529. The Morgan fingerprint density at radius 2 is 1.87 bits per heavy atom. The molecule has 4 N–H and O–H groups in total. The van der Waals surface area contributed by atoms with Gasteiger partial charge >= 0.3 is 0 Å². The van der Waals surface area contributed by atoms with Crippen molar-refractivity contribution in [3.63, 3.8) is 0 Å². The molecule has 6 heteroatoms. The molecule has 5 nitrogen and oxygen atoms in total. The first-order chi connectivity index (χ1) is 10.6. The molecule has 0 heterocycles. The molecule has 1 saturated carbocycles. The summed E-state index contributed by atoms with van der Waals surface area (Å²) in [6.07, 6.45) is 3.15. The number of nitrogens with two attached hydrogens (primary N) is 2. The number of rotatable bonds is 7. The number of carbonyl (C=O) groups is 2.